The number of ether oxygens (including phenoxy) is 1. The lowest BCUT2D eigenvalue weighted by Crippen LogP contribution is -2.17. The zero-order valence-corrected chi connectivity index (χ0v) is 17.1. The number of fused-ring (bicyclic) bond motifs is 2. The van der Waals surface area contributed by atoms with Crippen LogP contribution in [0.2, 0.25) is 0 Å². The third kappa shape index (κ3) is 3.34. The van der Waals surface area contributed by atoms with E-state index in [1.54, 1.807) is 38.7 Å². The second-order valence-corrected chi connectivity index (χ2v) is 7.18. The van der Waals surface area contributed by atoms with E-state index >= 15 is 0 Å². The minimum atomic E-state index is -0.145. The molecule has 2 aromatic carbocycles. The number of rotatable bonds is 6. The fourth-order valence-electron chi connectivity index (χ4n) is 3.70. The Balaban J connectivity index is 1.59. The summed E-state index contributed by atoms with van der Waals surface area (Å²) < 4.78 is 7.37. The molecule has 31 heavy (non-hydrogen) atoms. The second-order valence-electron chi connectivity index (χ2n) is 7.18. The van der Waals surface area contributed by atoms with Gasteiger partial charge in [0.15, 0.2) is 5.82 Å². The van der Waals surface area contributed by atoms with Gasteiger partial charge < -0.3 is 19.6 Å². The number of methoxy groups -OCH3 is 1. The maximum atomic E-state index is 12.0. The van der Waals surface area contributed by atoms with Crippen LogP contribution in [0.15, 0.2) is 48.8 Å². The molecule has 3 N–H and O–H groups in total. The molecule has 0 spiro atoms. The number of hydrogen-bond acceptors (Lipinski definition) is 5. The number of hydrogen-bond donors (Lipinski definition) is 3. The molecular weight excluding hydrogens is 394 g/mol. The van der Waals surface area contributed by atoms with Crippen LogP contribution in [0, 0.1) is 0 Å². The van der Waals surface area contributed by atoms with Crippen LogP contribution in [-0.2, 0) is 11.3 Å². The Bertz CT molecular complexity index is 1400. The Labute approximate surface area is 177 Å². The summed E-state index contributed by atoms with van der Waals surface area (Å²) in [5.41, 5.74) is 4.91. The molecule has 0 unspecified atom stereocenters. The van der Waals surface area contributed by atoms with Gasteiger partial charge in [0.2, 0.25) is 0 Å². The van der Waals surface area contributed by atoms with Crippen molar-refractivity contribution >= 4 is 27.8 Å². The van der Waals surface area contributed by atoms with Crippen LogP contribution < -0.4 is 5.32 Å². The van der Waals surface area contributed by atoms with E-state index in [4.69, 9.17) is 9.72 Å². The zero-order valence-electron chi connectivity index (χ0n) is 17.1. The Hall–Kier alpha value is -3.98. The standard InChI is InChI=1S/C22H21N7O2/c1-23-22(30)14-5-6-19-17(10-14)27-21(29(19)7-8-31-2)18-12-24-20(26-18)13-3-4-15-11-25-28-16(15)9-13/h3-6,9-12H,7-8H2,1-2H3,(H,23,30)(H,24,26)(H,25,28). The average Bonchev–Trinajstić information content (AvgIpc) is 3.54. The van der Waals surface area contributed by atoms with Gasteiger partial charge in [0.25, 0.3) is 5.91 Å². The van der Waals surface area contributed by atoms with Crippen LogP contribution in [-0.4, -0.2) is 56.4 Å². The normalized spacial score (nSPS) is 11.4. The minimum Gasteiger partial charge on any atom is -0.383 e. The van der Waals surface area contributed by atoms with Crippen LogP contribution >= 0.6 is 0 Å². The van der Waals surface area contributed by atoms with E-state index in [0.29, 0.717) is 18.7 Å². The number of nitrogens with zero attached hydrogens (tertiary/aromatic N) is 4. The van der Waals surface area contributed by atoms with E-state index in [2.05, 4.69) is 30.0 Å². The topological polar surface area (TPSA) is 114 Å². The van der Waals surface area contributed by atoms with Crippen molar-refractivity contribution < 1.29 is 9.53 Å². The highest BCUT2D eigenvalue weighted by atomic mass is 16.5. The molecule has 0 fully saturated rings. The van der Waals surface area contributed by atoms with Crippen LogP contribution in [0.1, 0.15) is 10.4 Å². The molecule has 9 heteroatoms. The van der Waals surface area contributed by atoms with E-state index in [-0.39, 0.29) is 5.91 Å². The maximum Gasteiger partial charge on any atom is 0.251 e. The first-order valence-corrected chi connectivity index (χ1v) is 9.88. The molecule has 3 heterocycles. The molecule has 0 saturated heterocycles. The van der Waals surface area contributed by atoms with Gasteiger partial charge in [-0.3, -0.25) is 9.89 Å². The van der Waals surface area contributed by atoms with Gasteiger partial charge in [-0.2, -0.15) is 5.10 Å². The van der Waals surface area contributed by atoms with Crippen molar-refractivity contribution in [2.75, 3.05) is 20.8 Å². The number of H-pyrrole nitrogens is 2. The minimum absolute atomic E-state index is 0.145. The number of carbonyl (C=O) groups excluding carboxylic acids is 1. The summed E-state index contributed by atoms with van der Waals surface area (Å²) in [5, 5.41) is 10.7. The SMILES string of the molecule is CNC(=O)c1ccc2c(c1)nc(-c1cnc(-c3ccc4cn[nH]c4c3)[nH]1)n2CCOC. The highest BCUT2D eigenvalue weighted by molar-refractivity contribution is 5.97. The van der Waals surface area contributed by atoms with E-state index in [0.717, 1.165) is 44.8 Å². The summed E-state index contributed by atoms with van der Waals surface area (Å²) in [6.07, 6.45) is 3.56. The van der Waals surface area contributed by atoms with Gasteiger partial charge >= 0.3 is 0 Å². The third-order valence-corrected chi connectivity index (χ3v) is 5.29. The number of benzene rings is 2. The predicted octanol–water partition coefficient (Wildman–Crippen LogP) is 2.98. The Kier molecular flexibility index (Phi) is 4.72. The molecule has 1 amide bonds. The lowest BCUT2D eigenvalue weighted by Gasteiger charge is -2.07. The summed E-state index contributed by atoms with van der Waals surface area (Å²) >= 11 is 0. The molecule has 0 radical (unpaired) electrons. The van der Waals surface area contributed by atoms with Crippen molar-refractivity contribution in [1.29, 1.82) is 0 Å². The third-order valence-electron chi connectivity index (χ3n) is 5.29. The fourth-order valence-corrected chi connectivity index (χ4v) is 3.70. The molecule has 0 bridgehead atoms. The number of aromatic amines is 2. The van der Waals surface area contributed by atoms with Gasteiger partial charge in [0.05, 0.1) is 35.6 Å². The molecule has 3 aromatic heterocycles. The highest BCUT2D eigenvalue weighted by Gasteiger charge is 2.17. The Morgan fingerprint density at radius 2 is 2.10 bits per heavy atom. The number of aromatic nitrogens is 6. The summed E-state index contributed by atoms with van der Waals surface area (Å²) in [6, 6.07) is 11.5. The van der Waals surface area contributed by atoms with E-state index in [1.165, 1.54) is 0 Å². The summed E-state index contributed by atoms with van der Waals surface area (Å²) in [7, 11) is 3.28. The van der Waals surface area contributed by atoms with E-state index < -0.39 is 0 Å². The molecule has 5 aromatic rings. The molecule has 5 rings (SSSR count). The first-order valence-electron chi connectivity index (χ1n) is 9.88. The van der Waals surface area contributed by atoms with Crippen LogP contribution in [0.3, 0.4) is 0 Å². The first-order chi connectivity index (χ1) is 15.2. The van der Waals surface area contributed by atoms with E-state index in [1.807, 2.05) is 24.3 Å². The summed E-state index contributed by atoms with van der Waals surface area (Å²) in [4.78, 5) is 24.8. The molecule has 156 valence electrons. The lowest BCUT2D eigenvalue weighted by atomic mass is 10.1. The van der Waals surface area contributed by atoms with Crippen LogP contribution in [0.25, 0.3) is 44.8 Å². The Morgan fingerprint density at radius 3 is 2.94 bits per heavy atom. The van der Waals surface area contributed by atoms with Gasteiger partial charge in [-0.25, -0.2) is 9.97 Å². The molecule has 0 aliphatic heterocycles. The monoisotopic (exact) mass is 415 g/mol. The molecule has 0 atom stereocenters. The van der Waals surface area contributed by atoms with Crippen molar-refractivity contribution in [3.05, 3.63) is 54.4 Å². The number of carbonyl (C=O) groups is 1. The first kappa shape index (κ1) is 19.0. The second kappa shape index (κ2) is 7.69. The van der Waals surface area contributed by atoms with Gasteiger partial charge in [-0.1, -0.05) is 12.1 Å². The van der Waals surface area contributed by atoms with Gasteiger partial charge in [0, 0.05) is 37.2 Å². The van der Waals surface area contributed by atoms with E-state index in [9.17, 15) is 4.79 Å². The van der Waals surface area contributed by atoms with Crippen LogP contribution in [0.5, 0.6) is 0 Å². The molecule has 0 saturated carbocycles. The van der Waals surface area contributed by atoms with Gasteiger partial charge in [-0.15, -0.1) is 0 Å². The number of nitrogens with one attached hydrogen (secondary N) is 3. The fraction of sp³-hybridized carbons (Fsp3) is 0.182. The maximum absolute atomic E-state index is 12.0. The van der Waals surface area contributed by atoms with Crippen molar-refractivity contribution in [2.45, 2.75) is 6.54 Å². The Morgan fingerprint density at radius 1 is 1.19 bits per heavy atom. The lowest BCUT2D eigenvalue weighted by molar-refractivity contribution is 0.0963. The zero-order chi connectivity index (χ0) is 21.4. The molecular formula is C22H21N7O2. The van der Waals surface area contributed by atoms with Crippen molar-refractivity contribution in [1.82, 2.24) is 35.0 Å². The van der Waals surface area contributed by atoms with Gasteiger partial charge in [0.1, 0.15) is 11.5 Å². The summed E-state index contributed by atoms with van der Waals surface area (Å²) in [5.74, 6) is 1.33. The van der Waals surface area contributed by atoms with Crippen LogP contribution in [0.4, 0.5) is 0 Å². The molecule has 0 aliphatic carbocycles. The number of imidazole rings is 2. The smallest absolute Gasteiger partial charge is 0.251 e. The summed E-state index contributed by atoms with van der Waals surface area (Å²) in [6.45, 7) is 1.16. The van der Waals surface area contributed by atoms with Gasteiger partial charge in [-0.05, 0) is 24.3 Å². The highest BCUT2D eigenvalue weighted by Crippen LogP contribution is 2.27. The largest absolute Gasteiger partial charge is 0.383 e. The predicted molar refractivity (Wildman–Crippen MR) is 118 cm³/mol. The molecule has 0 aliphatic rings. The van der Waals surface area contributed by atoms with Crippen molar-refractivity contribution in [3.63, 3.8) is 0 Å². The van der Waals surface area contributed by atoms with Crippen molar-refractivity contribution in [3.8, 4) is 22.9 Å². The molecule has 9 nitrogen and oxygen atoms in total. The number of amides is 1. The van der Waals surface area contributed by atoms with Crippen molar-refractivity contribution in [2.24, 2.45) is 0 Å². The average molecular weight is 415 g/mol. The quantitative estimate of drug-likeness (QED) is 0.395.